The fraction of sp³-hybridized carbons (Fsp3) is 0.600. The van der Waals surface area contributed by atoms with Gasteiger partial charge >= 0.3 is 0 Å². The van der Waals surface area contributed by atoms with Gasteiger partial charge in [-0.05, 0) is 6.92 Å². The van der Waals surface area contributed by atoms with Crippen LogP contribution in [0, 0.1) is 6.92 Å². The average molecular weight is 224 g/mol. The van der Waals surface area contributed by atoms with Gasteiger partial charge in [-0.25, -0.2) is 0 Å². The van der Waals surface area contributed by atoms with E-state index in [1.807, 2.05) is 6.92 Å². The number of hydrogen-bond donors (Lipinski definition) is 2. The van der Waals surface area contributed by atoms with Gasteiger partial charge in [-0.3, -0.25) is 14.8 Å². The largest absolute Gasteiger partial charge is 0.379 e. The van der Waals surface area contributed by atoms with Crippen LogP contribution in [-0.4, -0.2) is 53.9 Å². The maximum atomic E-state index is 11.6. The van der Waals surface area contributed by atoms with Gasteiger partial charge < -0.3 is 10.1 Å². The van der Waals surface area contributed by atoms with Crippen LogP contribution in [-0.2, 0) is 9.53 Å². The number of amides is 1. The van der Waals surface area contributed by atoms with E-state index in [0.29, 0.717) is 25.6 Å². The molecule has 2 N–H and O–H groups in total. The Bertz CT molecular complexity index is 357. The van der Waals surface area contributed by atoms with Crippen molar-refractivity contribution in [1.29, 1.82) is 0 Å². The summed E-state index contributed by atoms with van der Waals surface area (Å²) in [5.41, 5.74) is 0.932. The van der Waals surface area contributed by atoms with Crippen LogP contribution in [0.3, 0.4) is 0 Å². The van der Waals surface area contributed by atoms with E-state index < -0.39 is 0 Å². The van der Waals surface area contributed by atoms with E-state index in [2.05, 4.69) is 20.4 Å². The van der Waals surface area contributed by atoms with Crippen LogP contribution < -0.4 is 5.32 Å². The van der Waals surface area contributed by atoms with Crippen LogP contribution in [0.5, 0.6) is 0 Å². The Labute approximate surface area is 94.0 Å². The number of anilines is 1. The number of H-pyrrole nitrogens is 1. The molecule has 1 fully saturated rings. The minimum Gasteiger partial charge on any atom is -0.379 e. The van der Waals surface area contributed by atoms with Gasteiger partial charge in [0.2, 0.25) is 5.91 Å². The van der Waals surface area contributed by atoms with Crippen LogP contribution in [0.15, 0.2) is 6.07 Å². The summed E-state index contributed by atoms with van der Waals surface area (Å²) in [6.07, 6.45) is 0. The van der Waals surface area contributed by atoms with Crippen LogP contribution in [0.4, 0.5) is 5.82 Å². The van der Waals surface area contributed by atoms with Crippen molar-refractivity contribution < 1.29 is 9.53 Å². The fourth-order valence-corrected chi connectivity index (χ4v) is 1.63. The molecule has 0 unspecified atom stereocenters. The van der Waals surface area contributed by atoms with Crippen molar-refractivity contribution in [3.63, 3.8) is 0 Å². The SMILES string of the molecule is Cc1cc(NC(=O)CN2CCOCC2)n[nH]1. The van der Waals surface area contributed by atoms with E-state index in [0.717, 1.165) is 18.8 Å². The molecule has 6 heteroatoms. The van der Waals surface area contributed by atoms with Crippen molar-refractivity contribution in [1.82, 2.24) is 15.1 Å². The molecular formula is C10H16N4O2. The summed E-state index contributed by atoms with van der Waals surface area (Å²) in [7, 11) is 0. The minimum absolute atomic E-state index is 0.0339. The molecule has 1 aliphatic rings. The number of morpholine rings is 1. The number of hydrogen-bond acceptors (Lipinski definition) is 4. The molecule has 0 radical (unpaired) electrons. The molecule has 6 nitrogen and oxygen atoms in total. The summed E-state index contributed by atoms with van der Waals surface area (Å²) in [6.45, 7) is 5.32. The summed E-state index contributed by atoms with van der Waals surface area (Å²) >= 11 is 0. The third kappa shape index (κ3) is 3.04. The quantitative estimate of drug-likeness (QED) is 0.757. The molecule has 16 heavy (non-hydrogen) atoms. The highest BCUT2D eigenvalue weighted by atomic mass is 16.5. The lowest BCUT2D eigenvalue weighted by Gasteiger charge is -2.25. The number of carbonyl (C=O) groups excluding carboxylic acids is 1. The van der Waals surface area contributed by atoms with Crippen molar-refractivity contribution in [3.05, 3.63) is 11.8 Å². The Balaban J connectivity index is 1.79. The van der Waals surface area contributed by atoms with Crippen LogP contribution in [0.25, 0.3) is 0 Å². The molecule has 0 aromatic carbocycles. The fourth-order valence-electron chi connectivity index (χ4n) is 1.63. The van der Waals surface area contributed by atoms with Crippen molar-refractivity contribution in [2.45, 2.75) is 6.92 Å². The molecule has 1 aliphatic heterocycles. The normalized spacial score (nSPS) is 17.3. The van der Waals surface area contributed by atoms with Gasteiger partial charge in [0.1, 0.15) is 0 Å². The Morgan fingerprint density at radius 1 is 1.62 bits per heavy atom. The number of ether oxygens (including phenoxy) is 1. The molecule has 0 spiro atoms. The number of nitrogens with one attached hydrogen (secondary N) is 2. The second-order valence-corrected chi connectivity index (χ2v) is 3.87. The zero-order chi connectivity index (χ0) is 11.4. The maximum absolute atomic E-state index is 11.6. The Morgan fingerprint density at radius 2 is 2.38 bits per heavy atom. The van der Waals surface area contributed by atoms with Gasteiger partial charge in [0, 0.05) is 24.8 Å². The van der Waals surface area contributed by atoms with Gasteiger partial charge in [-0.15, -0.1) is 0 Å². The van der Waals surface area contributed by atoms with Crippen molar-refractivity contribution >= 4 is 11.7 Å². The van der Waals surface area contributed by atoms with Crippen LogP contribution in [0.2, 0.25) is 0 Å². The topological polar surface area (TPSA) is 70.2 Å². The van der Waals surface area contributed by atoms with E-state index in [4.69, 9.17) is 4.74 Å². The Kier molecular flexibility index (Phi) is 3.53. The van der Waals surface area contributed by atoms with Crippen molar-refractivity contribution in [3.8, 4) is 0 Å². The predicted octanol–water partition coefficient (Wildman–Crippen LogP) is -0.0112. The monoisotopic (exact) mass is 224 g/mol. The number of aromatic amines is 1. The smallest absolute Gasteiger partial charge is 0.239 e. The summed E-state index contributed by atoms with van der Waals surface area (Å²) in [5, 5.41) is 9.47. The molecule has 1 aromatic heterocycles. The Morgan fingerprint density at radius 3 is 3.00 bits per heavy atom. The number of aryl methyl sites for hydroxylation is 1. The third-order valence-corrected chi connectivity index (χ3v) is 2.44. The summed E-state index contributed by atoms with van der Waals surface area (Å²) in [5.74, 6) is 0.546. The molecule has 0 saturated carbocycles. The van der Waals surface area contributed by atoms with Gasteiger partial charge in [0.05, 0.1) is 19.8 Å². The van der Waals surface area contributed by atoms with E-state index >= 15 is 0 Å². The molecular weight excluding hydrogens is 208 g/mol. The molecule has 0 bridgehead atoms. The van der Waals surface area contributed by atoms with E-state index in [1.54, 1.807) is 6.07 Å². The van der Waals surface area contributed by atoms with E-state index in [1.165, 1.54) is 0 Å². The molecule has 1 amide bonds. The summed E-state index contributed by atoms with van der Waals surface area (Å²) < 4.78 is 5.21. The molecule has 2 rings (SSSR count). The lowest BCUT2D eigenvalue weighted by molar-refractivity contribution is -0.118. The highest BCUT2D eigenvalue weighted by Gasteiger charge is 2.14. The lowest BCUT2D eigenvalue weighted by Crippen LogP contribution is -2.41. The molecule has 0 aliphatic carbocycles. The van der Waals surface area contributed by atoms with Gasteiger partial charge in [-0.1, -0.05) is 0 Å². The predicted molar refractivity (Wildman–Crippen MR) is 59.2 cm³/mol. The summed E-state index contributed by atoms with van der Waals surface area (Å²) in [6, 6.07) is 1.80. The number of nitrogens with zero attached hydrogens (tertiary/aromatic N) is 2. The van der Waals surface area contributed by atoms with Crippen molar-refractivity contribution in [2.75, 3.05) is 38.2 Å². The highest BCUT2D eigenvalue weighted by molar-refractivity contribution is 5.91. The average Bonchev–Trinajstić information content (AvgIpc) is 2.65. The summed E-state index contributed by atoms with van der Waals surface area (Å²) in [4.78, 5) is 13.7. The van der Waals surface area contributed by atoms with E-state index in [-0.39, 0.29) is 5.91 Å². The second kappa shape index (κ2) is 5.09. The lowest BCUT2D eigenvalue weighted by atomic mass is 10.4. The first kappa shape index (κ1) is 11.1. The first-order valence-electron chi connectivity index (χ1n) is 5.36. The molecule has 88 valence electrons. The zero-order valence-corrected chi connectivity index (χ0v) is 9.32. The van der Waals surface area contributed by atoms with Crippen molar-refractivity contribution in [2.24, 2.45) is 0 Å². The number of aromatic nitrogens is 2. The second-order valence-electron chi connectivity index (χ2n) is 3.87. The number of carbonyl (C=O) groups is 1. The molecule has 0 atom stereocenters. The maximum Gasteiger partial charge on any atom is 0.239 e. The highest BCUT2D eigenvalue weighted by Crippen LogP contribution is 2.04. The first-order valence-corrected chi connectivity index (χ1v) is 5.36. The third-order valence-electron chi connectivity index (χ3n) is 2.44. The van der Waals surface area contributed by atoms with Gasteiger partial charge in [0.25, 0.3) is 0 Å². The number of rotatable bonds is 3. The van der Waals surface area contributed by atoms with Gasteiger partial charge in [-0.2, -0.15) is 5.10 Å². The van der Waals surface area contributed by atoms with Crippen LogP contribution >= 0.6 is 0 Å². The van der Waals surface area contributed by atoms with E-state index in [9.17, 15) is 4.79 Å². The van der Waals surface area contributed by atoms with Crippen LogP contribution in [0.1, 0.15) is 5.69 Å². The molecule has 2 heterocycles. The van der Waals surface area contributed by atoms with Gasteiger partial charge in [0.15, 0.2) is 5.82 Å². The molecule has 1 saturated heterocycles. The molecule has 1 aromatic rings. The minimum atomic E-state index is -0.0339. The zero-order valence-electron chi connectivity index (χ0n) is 9.32. The first-order chi connectivity index (χ1) is 7.74. The Hall–Kier alpha value is -1.40. The standard InChI is InChI=1S/C10H16N4O2/c1-8-6-9(13-12-8)11-10(15)7-14-2-4-16-5-3-14/h6H,2-5,7H2,1H3,(H2,11,12,13,15).